The van der Waals surface area contributed by atoms with E-state index in [0.717, 1.165) is 51.9 Å². The predicted octanol–water partition coefficient (Wildman–Crippen LogP) is 6.97. The molecule has 0 aromatic carbocycles. The van der Waals surface area contributed by atoms with Gasteiger partial charge >= 0.3 is 0 Å². The Balaban J connectivity index is 1.35. The summed E-state index contributed by atoms with van der Waals surface area (Å²) in [5.74, 6) is 2.96. The van der Waals surface area contributed by atoms with Gasteiger partial charge in [0.25, 0.3) is 0 Å². The van der Waals surface area contributed by atoms with Gasteiger partial charge in [-0.25, -0.2) is 0 Å². The highest BCUT2D eigenvalue weighted by Gasteiger charge is 2.70. The summed E-state index contributed by atoms with van der Waals surface area (Å²) in [6.07, 6.45) is 11.6. The molecule has 0 unspecified atom stereocenters. The Morgan fingerprint density at radius 1 is 0.850 bits per heavy atom. The molecule has 1 aliphatic heterocycles. The minimum absolute atomic E-state index is 0.00225. The lowest BCUT2D eigenvalue weighted by atomic mass is 9.33. The van der Waals surface area contributed by atoms with E-state index in [1.165, 1.54) is 38.5 Å². The van der Waals surface area contributed by atoms with Crippen LogP contribution < -0.4 is 0 Å². The van der Waals surface area contributed by atoms with Crippen molar-refractivity contribution in [3.8, 4) is 0 Å². The fourth-order valence-corrected chi connectivity index (χ4v) is 12.4. The first kappa shape index (κ1) is 29.4. The molecular formula is C36H60N2O2. The Kier molecular flexibility index (Phi) is 7.08. The second-order valence-electron chi connectivity index (χ2n) is 17.2. The van der Waals surface area contributed by atoms with Gasteiger partial charge in [-0.3, -0.25) is 9.69 Å². The normalized spacial score (nSPS) is 47.5. The summed E-state index contributed by atoms with van der Waals surface area (Å²) < 4.78 is 0. The zero-order valence-electron chi connectivity index (χ0n) is 27.2. The minimum Gasteiger partial charge on any atom is -0.393 e. The van der Waals surface area contributed by atoms with Crippen LogP contribution in [0, 0.1) is 50.7 Å². The van der Waals surface area contributed by atoms with E-state index in [-0.39, 0.29) is 22.3 Å². The van der Waals surface area contributed by atoms with Crippen LogP contribution in [0.3, 0.4) is 0 Å². The molecule has 0 amide bonds. The van der Waals surface area contributed by atoms with Crippen molar-refractivity contribution in [2.24, 2.45) is 50.7 Å². The van der Waals surface area contributed by atoms with Gasteiger partial charge in [-0.05, 0) is 117 Å². The van der Waals surface area contributed by atoms with Crippen molar-refractivity contribution < 1.29 is 9.90 Å². The van der Waals surface area contributed by atoms with Crippen LogP contribution in [0.1, 0.15) is 113 Å². The van der Waals surface area contributed by atoms with Crippen molar-refractivity contribution in [1.82, 2.24) is 9.80 Å². The first-order valence-electron chi connectivity index (χ1n) is 17.1. The Morgan fingerprint density at radius 2 is 1.55 bits per heavy atom. The number of likely N-dealkylation sites (N-methyl/N-ethyl adjacent to an activating group) is 1. The van der Waals surface area contributed by atoms with E-state index >= 15 is 0 Å². The van der Waals surface area contributed by atoms with Gasteiger partial charge in [-0.15, -0.1) is 0 Å². The summed E-state index contributed by atoms with van der Waals surface area (Å²) >= 11 is 0. The Bertz CT molecular complexity index is 1060. The van der Waals surface area contributed by atoms with Crippen molar-refractivity contribution in [3.63, 3.8) is 0 Å². The lowest BCUT2D eigenvalue weighted by Crippen LogP contribution is -2.66. The Hall–Kier alpha value is -0.710. The smallest absolute Gasteiger partial charge is 0.157 e. The van der Waals surface area contributed by atoms with Crippen LogP contribution in [0.2, 0.25) is 0 Å². The third-order valence-electron chi connectivity index (χ3n) is 15.1. The molecule has 1 heterocycles. The van der Waals surface area contributed by atoms with Crippen LogP contribution >= 0.6 is 0 Å². The quantitative estimate of drug-likeness (QED) is 0.383. The van der Waals surface area contributed by atoms with Crippen LogP contribution in [-0.2, 0) is 4.79 Å². The number of hydrogen-bond donors (Lipinski definition) is 1. The highest BCUT2D eigenvalue weighted by atomic mass is 16.3. The molecule has 4 heteroatoms. The Labute approximate surface area is 245 Å². The molecule has 0 aromatic rings. The molecule has 0 bridgehead atoms. The second-order valence-corrected chi connectivity index (χ2v) is 17.2. The minimum atomic E-state index is -0.200. The maximum absolute atomic E-state index is 14.5. The number of rotatable bonds is 4. The van der Waals surface area contributed by atoms with Crippen molar-refractivity contribution in [3.05, 3.63) is 11.1 Å². The zero-order chi connectivity index (χ0) is 28.9. The Morgan fingerprint density at radius 3 is 2.23 bits per heavy atom. The van der Waals surface area contributed by atoms with Gasteiger partial charge in [0.2, 0.25) is 0 Å². The molecule has 0 radical (unpaired) electrons. The summed E-state index contributed by atoms with van der Waals surface area (Å²) in [6.45, 7) is 22.4. The molecule has 5 aliphatic carbocycles. The topological polar surface area (TPSA) is 43.8 Å². The largest absolute Gasteiger partial charge is 0.393 e. The number of carbonyl (C=O) groups excluding carboxylic acids is 1. The molecular weight excluding hydrogens is 492 g/mol. The molecule has 6 aliphatic rings. The number of carbonyl (C=O) groups is 1. The average Bonchev–Trinajstić information content (AvgIpc) is 3.30. The molecule has 0 spiro atoms. The highest BCUT2D eigenvalue weighted by molar-refractivity contribution is 5.91. The van der Waals surface area contributed by atoms with E-state index in [4.69, 9.17) is 0 Å². The number of ketones is 1. The van der Waals surface area contributed by atoms with Crippen LogP contribution in [0.5, 0.6) is 0 Å². The second kappa shape index (κ2) is 9.65. The van der Waals surface area contributed by atoms with Crippen LogP contribution in [0.4, 0.5) is 0 Å². The monoisotopic (exact) mass is 552 g/mol. The molecule has 0 aromatic heterocycles. The number of aliphatic hydroxyl groups excluding tert-OH is 1. The number of Topliss-reactive ketones (excluding diaryl/α,β-unsaturated/α-hetero) is 1. The molecule has 1 saturated heterocycles. The van der Waals surface area contributed by atoms with Gasteiger partial charge in [-0.2, -0.15) is 0 Å². The van der Waals surface area contributed by atoms with Crippen molar-refractivity contribution >= 4 is 5.78 Å². The molecule has 6 rings (SSSR count). The number of nitrogens with zero attached hydrogens (tertiary/aromatic N) is 2. The third-order valence-corrected chi connectivity index (χ3v) is 15.1. The van der Waals surface area contributed by atoms with Gasteiger partial charge in [0.05, 0.1) is 18.1 Å². The maximum atomic E-state index is 14.5. The fraction of sp³-hybridized carbons (Fsp3) is 0.917. The molecule has 40 heavy (non-hydrogen) atoms. The van der Waals surface area contributed by atoms with Gasteiger partial charge in [0, 0.05) is 26.2 Å². The molecule has 226 valence electrons. The predicted molar refractivity (Wildman–Crippen MR) is 164 cm³/mol. The summed E-state index contributed by atoms with van der Waals surface area (Å²) in [5, 5.41) is 11.0. The third kappa shape index (κ3) is 3.89. The van der Waals surface area contributed by atoms with Crippen LogP contribution in [0.15, 0.2) is 11.1 Å². The average molecular weight is 553 g/mol. The highest BCUT2D eigenvalue weighted by Crippen LogP contribution is 2.76. The SMILES string of the molecule is CC(C)C1=C2[C@H]3CC[C@@H]4[C@@]5(C)CC[C@H](O)C(C)(C)[C@@H]5CC[C@@]4(C)[C@]3(C)CC[C@@]2(C(=O)CN2CCN(C)CC2)CC1. The fourth-order valence-electron chi connectivity index (χ4n) is 12.4. The van der Waals surface area contributed by atoms with E-state index in [0.29, 0.717) is 46.8 Å². The summed E-state index contributed by atoms with van der Waals surface area (Å²) in [4.78, 5) is 19.3. The zero-order valence-corrected chi connectivity index (χ0v) is 27.2. The molecule has 5 fully saturated rings. The molecule has 1 N–H and O–H groups in total. The first-order valence-corrected chi connectivity index (χ1v) is 17.1. The maximum Gasteiger partial charge on any atom is 0.157 e. The summed E-state index contributed by atoms with van der Waals surface area (Å²) in [6, 6.07) is 0. The molecule has 8 atom stereocenters. The summed E-state index contributed by atoms with van der Waals surface area (Å²) in [7, 11) is 2.20. The van der Waals surface area contributed by atoms with E-state index < -0.39 is 0 Å². The first-order chi connectivity index (χ1) is 18.7. The van der Waals surface area contributed by atoms with Crippen LogP contribution in [-0.4, -0.2) is 66.6 Å². The van der Waals surface area contributed by atoms with E-state index in [1.807, 2.05) is 0 Å². The number of aliphatic hydroxyl groups is 1. The number of hydrogen-bond acceptors (Lipinski definition) is 4. The van der Waals surface area contributed by atoms with E-state index in [1.54, 1.807) is 11.1 Å². The lowest BCUT2D eigenvalue weighted by Gasteiger charge is -2.72. The van der Waals surface area contributed by atoms with Gasteiger partial charge in [0.15, 0.2) is 5.78 Å². The summed E-state index contributed by atoms with van der Waals surface area (Å²) in [5.41, 5.74) is 3.97. The van der Waals surface area contributed by atoms with Crippen molar-refractivity contribution in [2.45, 2.75) is 119 Å². The lowest BCUT2D eigenvalue weighted by molar-refractivity contribution is -0.228. The number of piperazine rings is 1. The molecule has 4 nitrogen and oxygen atoms in total. The number of fused-ring (bicyclic) bond motifs is 7. The van der Waals surface area contributed by atoms with Crippen LogP contribution in [0.25, 0.3) is 0 Å². The van der Waals surface area contributed by atoms with Crippen molar-refractivity contribution in [1.29, 1.82) is 0 Å². The van der Waals surface area contributed by atoms with Gasteiger partial charge in [-0.1, -0.05) is 59.6 Å². The van der Waals surface area contributed by atoms with E-state index in [2.05, 4.69) is 65.3 Å². The van der Waals surface area contributed by atoms with Gasteiger partial charge in [0.1, 0.15) is 0 Å². The van der Waals surface area contributed by atoms with E-state index in [9.17, 15) is 9.90 Å². The number of allylic oxidation sites excluding steroid dienone is 2. The molecule has 4 saturated carbocycles. The standard InChI is InChI=1S/C36H60N2O2/c1-24(2)25-11-16-36(30(40)23-38-21-19-37(8)20-22-38)18-17-34(6)26(31(25)36)9-10-28-33(5)14-13-29(39)32(3,4)27(33)12-15-35(28,34)7/h24,26-29,39H,9-23H2,1-8H3/t26-,27+,28-,29+,33+,34-,35-,36-/m1/s1. The van der Waals surface area contributed by atoms with Gasteiger partial charge < -0.3 is 10.0 Å². The van der Waals surface area contributed by atoms with Crippen molar-refractivity contribution in [2.75, 3.05) is 39.8 Å².